The monoisotopic (exact) mass is 325 g/mol. The molecule has 2 aromatic rings. The highest BCUT2D eigenvalue weighted by atomic mass is 16.2. The number of para-hydroxylation sites is 2. The van der Waals surface area contributed by atoms with Crippen molar-refractivity contribution in [2.75, 3.05) is 17.0 Å². The van der Waals surface area contributed by atoms with Crippen molar-refractivity contribution in [2.45, 2.75) is 25.3 Å². The van der Waals surface area contributed by atoms with Gasteiger partial charge in [0.05, 0.1) is 11.4 Å². The Morgan fingerprint density at radius 1 is 1.12 bits per heavy atom. The first-order valence-corrected chi connectivity index (χ1v) is 8.05. The van der Waals surface area contributed by atoms with Crippen LogP contribution in [0.2, 0.25) is 0 Å². The Balaban J connectivity index is 1.86. The summed E-state index contributed by atoms with van der Waals surface area (Å²) >= 11 is 0. The smallest absolute Gasteiger partial charge is 0.350 e. The molecule has 0 aliphatic heterocycles. The van der Waals surface area contributed by atoms with Crippen molar-refractivity contribution in [3.63, 3.8) is 0 Å². The summed E-state index contributed by atoms with van der Waals surface area (Å²) in [6, 6.07) is 15.5. The Kier molecular flexibility index (Phi) is 4.69. The van der Waals surface area contributed by atoms with Gasteiger partial charge in [-0.2, -0.15) is 0 Å². The van der Waals surface area contributed by atoms with E-state index in [2.05, 4.69) is 34.6 Å². The second kappa shape index (κ2) is 6.90. The molecule has 6 nitrogen and oxygen atoms in total. The maximum Gasteiger partial charge on any atom is 0.350 e. The molecule has 0 bridgehead atoms. The number of urea groups is 1. The van der Waals surface area contributed by atoms with E-state index in [9.17, 15) is 4.79 Å². The van der Waals surface area contributed by atoms with Crippen LogP contribution in [0.15, 0.2) is 48.5 Å². The first-order valence-electron chi connectivity index (χ1n) is 8.05. The third-order valence-corrected chi connectivity index (χ3v) is 4.37. The number of nitrogens with zero attached hydrogens (tertiary/aromatic N) is 2. The van der Waals surface area contributed by atoms with E-state index >= 15 is 0 Å². The van der Waals surface area contributed by atoms with Gasteiger partial charge in [0, 0.05) is 13.6 Å². The van der Waals surface area contributed by atoms with Crippen LogP contribution in [0.1, 0.15) is 29.9 Å². The van der Waals surface area contributed by atoms with Gasteiger partial charge in [0.2, 0.25) is 0 Å². The van der Waals surface area contributed by atoms with Crippen molar-refractivity contribution in [3.05, 3.63) is 59.7 Å². The molecule has 0 radical (unpaired) electrons. The lowest BCUT2D eigenvalue weighted by atomic mass is 10.0. The van der Waals surface area contributed by atoms with Crippen molar-refractivity contribution in [1.82, 2.24) is 5.43 Å². The van der Waals surface area contributed by atoms with E-state index in [1.54, 1.807) is 6.07 Å². The molecule has 0 heterocycles. The van der Waals surface area contributed by atoms with E-state index in [0.29, 0.717) is 11.6 Å². The molecule has 1 aliphatic rings. The largest absolute Gasteiger partial charge is 0.369 e. The van der Waals surface area contributed by atoms with Gasteiger partial charge < -0.3 is 4.90 Å². The van der Waals surface area contributed by atoms with Crippen LogP contribution in [0.3, 0.4) is 0 Å². The molecular weight excluding hydrogens is 302 g/mol. The number of nitrogens with two attached hydrogens (primary N) is 2. The Morgan fingerprint density at radius 2 is 1.75 bits per heavy atom. The Bertz CT molecular complexity index is 729. The van der Waals surface area contributed by atoms with Crippen LogP contribution in [0.25, 0.3) is 0 Å². The van der Waals surface area contributed by atoms with Gasteiger partial charge in [-0.15, -0.1) is 0 Å². The van der Waals surface area contributed by atoms with Crippen molar-refractivity contribution in [3.8, 4) is 0 Å². The van der Waals surface area contributed by atoms with Gasteiger partial charge in [-0.25, -0.2) is 21.5 Å². The average Bonchev–Trinajstić information content (AvgIpc) is 3.46. The quantitative estimate of drug-likeness (QED) is 0.448. The second-order valence-electron chi connectivity index (χ2n) is 6.14. The molecule has 1 aliphatic carbocycles. The minimum Gasteiger partial charge on any atom is -0.369 e. The van der Waals surface area contributed by atoms with Crippen LogP contribution in [0.5, 0.6) is 0 Å². The van der Waals surface area contributed by atoms with E-state index < -0.39 is 6.03 Å². The van der Waals surface area contributed by atoms with Gasteiger partial charge in [0.15, 0.2) is 0 Å². The molecule has 0 aromatic heterocycles. The lowest BCUT2D eigenvalue weighted by Crippen LogP contribution is -2.48. The average molecular weight is 325 g/mol. The highest BCUT2D eigenvalue weighted by molar-refractivity contribution is 5.94. The summed E-state index contributed by atoms with van der Waals surface area (Å²) in [5, 5.41) is 1.03. The molecule has 0 spiro atoms. The summed E-state index contributed by atoms with van der Waals surface area (Å²) in [6.45, 7) is 0.752. The van der Waals surface area contributed by atoms with Gasteiger partial charge in [0.25, 0.3) is 0 Å². The van der Waals surface area contributed by atoms with Gasteiger partial charge in [-0.3, -0.25) is 5.43 Å². The molecular formula is C18H23N5O. The zero-order valence-corrected chi connectivity index (χ0v) is 13.8. The standard InChI is InChI=1S/C18H23N5O/c1-22(12-14-6-2-3-7-15(14)13-10-11-13)16-8-4-5-9-17(16)23(20)18(24)21-19/h2-9,13H,10-12,19-20H2,1H3,(H,21,24). The molecule has 2 aromatic carbocycles. The number of carbonyl (C=O) groups is 1. The van der Waals surface area contributed by atoms with Gasteiger partial charge in [-0.05, 0) is 42.0 Å². The summed E-state index contributed by atoms with van der Waals surface area (Å²) in [4.78, 5) is 13.8. The summed E-state index contributed by atoms with van der Waals surface area (Å²) in [5.74, 6) is 11.8. The van der Waals surface area contributed by atoms with E-state index in [1.165, 1.54) is 24.0 Å². The molecule has 126 valence electrons. The first kappa shape index (κ1) is 16.3. The Morgan fingerprint density at radius 3 is 2.42 bits per heavy atom. The van der Waals surface area contributed by atoms with E-state index in [0.717, 1.165) is 17.2 Å². The van der Waals surface area contributed by atoms with Crippen LogP contribution in [0.4, 0.5) is 16.2 Å². The Labute approximate surface area is 142 Å². The van der Waals surface area contributed by atoms with Crippen molar-refractivity contribution in [1.29, 1.82) is 0 Å². The van der Waals surface area contributed by atoms with E-state index in [1.807, 2.05) is 25.2 Å². The van der Waals surface area contributed by atoms with Crippen molar-refractivity contribution in [2.24, 2.45) is 11.7 Å². The fraction of sp³-hybridized carbons (Fsp3) is 0.278. The number of benzene rings is 2. The number of nitrogens with one attached hydrogen (secondary N) is 1. The van der Waals surface area contributed by atoms with Gasteiger partial charge in [0.1, 0.15) is 0 Å². The van der Waals surface area contributed by atoms with Crippen molar-refractivity contribution >= 4 is 17.4 Å². The number of carbonyl (C=O) groups excluding carboxylic acids is 1. The molecule has 0 unspecified atom stereocenters. The summed E-state index contributed by atoms with van der Waals surface area (Å²) < 4.78 is 0. The lowest BCUT2D eigenvalue weighted by Gasteiger charge is -2.27. The highest BCUT2D eigenvalue weighted by Gasteiger charge is 2.26. The predicted octanol–water partition coefficient (Wildman–Crippen LogP) is 2.46. The first-order chi connectivity index (χ1) is 11.6. The fourth-order valence-corrected chi connectivity index (χ4v) is 2.98. The second-order valence-corrected chi connectivity index (χ2v) is 6.14. The summed E-state index contributed by atoms with van der Waals surface area (Å²) in [6.07, 6.45) is 2.54. The van der Waals surface area contributed by atoms with Crippen molar-refractivity contribution < 1.29 is 4.79 Å². The minimum absolute atomic E-state index is 0.561. The SMILES string of the molecule is CN(Cc1ccccc1C1CC1)c1ccccc1N(N)C(=O)NN. The van der Waals surface area contributed by atoms with Crippen LogP contribution < -0.4 is 27.0 Å². The number of rotatable bonds is 5. The van der Waals surface area contributed by atoms with E-state index in [4.69, 9.17) is 11.7 Å². The molecule has 6 heteroatoms. The van der Waals surface area contributed by atoms with Crippen LogP contribution in [0, 0.1) is 0 Å². The maximum absolute atomic E-state index is 11.7. The molecule has 24 heavy (non-hydrogen) atoms. The normalized spacial score (nSPS) is 13.5. The molecule has 1 fully saturated rings. The number of hydrogen-bond acceptors (Lipinski definition) is 4. The number of anilines is 2. The highest BCUT2D eigenvalue weighted by Crippen LogP contribution is 2.42. The van der Waals surface area contributed by atoms with E-state index in [-0.39, 0.29) is 0 Å². The number of hydrazine groups is 2. The summed E-state index contributed by atoms with van der Waals surface area (Å²) in [7, 11) is 2.00. The fourth-order valence-electron chi connectivity index (χ4n) is 2.98. The number of amides is 2. The van der Waals surface area contributed by atoms with Gasteiger partial charge >= 0.3 is 6.03 Å². The molecule has 0 saturated heterocycles. The third-order valence-electron chi connectivity index (χ3n) is 4.37. The minimum atomic E-state index is -0.561. The molecule has 2 amide bonds. The molecule has 0 atom stereocenters. The van der Waals surface area contributed by atoms with Gasteiger partial charge in [-0.1, -0.05) is 36.4 Å². The van der Waals surface area contributed by atoms with Crippen LogP contribution >= 0.6 is 0 Å². The lowest BCUT2D eigenvalue weighted by molar-refractivity contribution is 0.246. The van der Waals surface area contributed by atoms with Crippen LogP contribution in [-0.4, -0.2) is 13.1 Å². The zero-order chi connectivity index (χ0) is 17.1. The number of hydrogen-bond donors (Lipinski definition) is 3. The third kappa shape index (κ3) is 3.34. The molecule has 3 rings (SSSR count). The summed E-state index contributed by atoms with van der Waals surface area (Å²) in [5.41, 5.74) is 6.26. The molecule has 1 saturated carbocycles. The maximum atomic E-state index is 11.7. The Hall–Kier alpha value is -2.57. The molecule has 5 N–H and O–H groups in total. The zero-order valence-electron chi connectivity index (χ0n) is 13.8. The topological polar surface area (TPSA) is 87.6 Å². The van der Waals surface area contributed by atoms with Crippen LogP contribution in [-0.2, 0) is 6.54 Å². The predicted molar refractivity (Wildman–Crippen MR) is 96.4 cm³/mol.